The highest BCUT2D eigenvalue weighted by molar-refractivity contribution is 7.81. The van der Waals surface area contributed by atoms with Gasteiger partial charge in [0, 0.05) is 0 Å². The number of alkyl halides is 1. The summed E-state index contributed by atoms with van der Waals surface area (Å²) >= 11 is 3.88. The molecule has 0 spiro atoms. The molecule has 1 aliphatic carbocycles. The van der Waals surface area contributed by atoms with Gasteiger partial charge < -0.3 is 0 Å². The fraction of sp³-hybridized carbons (Fsp3) is 0.750. The summed E-state index contributed by atoms with van der Waals surface area (Å²) in [4.78, 5) is 0. The molecule has 0 saturated carbocycles. The molecule has 1 rings (SSSR count). The molecule has 1 aliphatic rings. The lowest BCUT2D eigenvalue weighted by atomic mass is 10.0. The Hall–Kier alpha value is 0.0200. The summed E-state index contributed by atoms with van der Waals surface area (Å²) in [5.41, 5.74) is 0. The molecule has 2 heteroatoms. The summed E-state index contributed by atoms with van der Waals surface area (Å²) in [5.74, 6) is 0. The Balaban J connectivity index is 2.49. The van der Waals surface area contributed by atoms with Crippen LogP contribution in [0.15, 0.2) is 12.2 Å². The van der Waals surface area contributed by atoms with Crippen molar-refractivity contribution in [1.82, 2.24) is 0 Å². The first-order valence-electron chi connectivity index (χ1n) is 3.80. The normalized spacial score (nSPS) is 38.2. The first-order chi connectivity index (χ1) is 4.71. The van der Waals surface area contributed by atoms with Gasteiger partial charge in [-0.25, -0.2) is 4.39 Å². The van der Waals surface area contributed by atoms with E-state index in [2.05, 4.69) is 12.6 Å². The van der Waals surface area contributed by atoms with E-state index in [-0.39, 0.29) is 0 Å². The molecule has 0 saturated heterocycles. The van der Waals surface area contributed by atoms with Crippen LogP contribution in [-0.2, 0) is 0 Å². The van der Waals surface area contributed by atoms with E-state index in [1.54, 1.807) is 6.08 Å². The Morgan fingerprint density at radius 1 is 1.30 bits per heavy atom. The molecule has 0 bridgehead atoms. The maximum atomic E-state index is 13.1. The number of hydrogen-bond acceptors (Lipinski definition) is 1. The summed E-state index contributed by atoms with van der Waals surface area (Å²) in [6, 6.07) is 0. The minimum absolute atomic E-state index is 0.562. The predicted molar refractivity (Wildman–Crippen MR) is 45.1 cm³/mol. The molecule has 0 fully saturated rings. The van der Waals surface area contributed by atoms with E-state index >= 15 is 0 Å². The molecular formula is C8H13FS. The second kappa shape index (κ2) is 3.42. The molecule has 0 radical (unpaired) electrons. The van der Waals surface area contributed by atoms with Crippen molar-refractivity contribution < 1.29 is 4.39 Å². The molecule has 0 aromatic heterocycles. The molecule has 0 heterocycles. The molecular weight excluding hydrogens is 147 g/mol. The molecule has 0 aliphatic heterocycles. The van der Waals surface area contributed by atoms with Crippen LogP contribution >= 0.6 is 12.6 Å². The fourth-order valence-corrected chi connectivity index (χ4v) is 1.42. The maximum Gasteiger partial charge on any atom is 0.171 e. The quantitative estimate of drug-likeness (QED) is 0.408. The van der Waals surface area contributed by atoms with Crippen LogP contribution in [0.25, 0.3) is 0 Å². The van der Waals surface area contributed by atoms with Crippen molar-refractivity contribution in [1.29, 1.82) is 0 Å². The van der Waals surface area contributed by atoms with Gasteiger partial charge in [-0.2, -0.15) is 0 Å². The average molecular weight is 160 g/mol. The summed E-state index contributed by atoms with van der Waals surface area (Å²) < 4.78 is 13.1. The highest BCUT2D eigenvalue weighted by atomic mass is 32.1. The molecule has 1 atom stereocenters. The highest BCUT2D eigenvalue weighted by Crippen LogP contribution is 2.27. The van der Waals surface area contributed by atoms with E-state index in [0.717, 1.165) is 19.3 Å². The van der Waals surface area contributed by atoms with Crippen molar-refractivity contribution in [3.05, 3.63) is 12.2 Å². The monoisotopic (exact) mass is 160 g/mol. The van der Waals surface area contributed by atoms with Crippen LogP contribution in [-0.4, -0.2) is 5.00 Å². The van der Waals surface area contributed by atoms with Crippen LogP contribution in [0.4, 0.5) is 4.39 Å². The van der Waals surface area contributed by atoms with E-state index in [0.29, 0.717) is 6.42 Å². The van der Waals surface area contributed by atoms with Crippen LogP contribution in [0.3, 0.4) is 0 Å². The number of hydrogen-bond donors (Lipinski definition) is 1. The van der Waals surface area contributed by atoms with Crippen LogP contribution in [0.5, 0.6) is 0 Å². The van der Waals surface area contributed by atoms with E-state index < -0.39 is 5.00 Å². The molecule has 58 valence electrons. The largest absolute Gasteiger partial charge is 0.228 e. The number of thiol groups is 1. The van der Waals surface area contributed by atoms with Gasteiger partial charge in [0.25, 0.3) is 0 Å². The zero-order chi connectivity index (χ0) is 7.45. The van der Waals surface area contributed by atoms with Crippen molar-refractivity contribution in [2.75, 3.05) is 0 Å². The van der Waals surface area contributed by atoms with Crippen LogP contribution in [0.2, 0.25) is 0 Å². The van der Waals surface area contributed by atoms with Crippen molar-refractivity contribution in [3.63, 3.8) is 0 Å². The smallest absolute Gasteiger partial charge is 0.171 e. The van der Waals surface area contributed by atoms with Gasteiger partial charge in [-0.3, -0.25) is 0 Å². The third-order valence-corrected chi connectivity index (χ3v) is 2.14. The van der Waals surface area contributed by atoms with Crippen LogP contribution in [0.1, 0.15) is 32.1 Å². The molecule has 10 heavy (non-hydrogen) atoms. The van der Waals surface area contributed by atoms with Gasteiger partial charge in [0.2, 0.25) is 0 Å². The highest BCUT2D eigenvalue weighted by Gasteiger charge is 2.19. The lowest BCUT2D eigenvalue weighted by molar-refractivity contribution is 0.323. The topological polar surface area (TPSA) is 0 Å². The first kappa shape index (κ1) is 8.12. The Labute approximate surface area is 66.9 Å². The summed E-state index contributed by atoms with van der Waals surface area (Å²) in [6.07, 6.45) is 8.33. The third-order valence-electron chi connectivity index (χ3n) is 1.77. The summed E-state index contributed by atoms with van der Waals surface area (Å²) in [7, 11) is 0. The Morgan fingerprint density at radius 3 is 2.90 bits per heavy atom. The number of rotatable bonds is 0. The number of halogens is 1. The van der Waals surface area contributed by atoms with E-state index in [9.17, 15) is 4.39 Å². The molecule has 0 amide bonds. The molecule has 0 aromatic carbocycles. The standard InChI is InChI=1S/C8H13FS/c9-8(10)6-4-2-1-3-5-7-8/h4,6,10H,1-3,5,7H2/b6-4-. The van der Waals surface area contributed by atoms with Crippen LogP contribution in [0, 0.1) is 0 Å². The van der Waals surface area contributed by atoms with E-state index in [1.165, 1.54) is 6.42 Å². The zero-order valence-corrected chi connectivity index (χ0v) is 6.91. The van der Waals surface area contributed by atoms with Crippen LogP contribution < -0.4 is 0 Å². The van der Waals surface area contributed by atoms with E-state index in [4.69, 9.17) is 0 Å². The van der Waals surface area contributed by atoms with Gasteiger partial charge in [-0.15, -0.1) is 12.6 Å². The van der Waals surface area contributed by atoms with Gasteiger partial charge in [0.15, 0.2) is 5.00 Å². The SMILES string of the molecule is FC1(S)/C=C\CCCCC1. The summed E-state index contributed by atoms with van der Waals surface area (Å²) in [6.45, 7) is 0. The Morgan fingerprint density at radius 2 is 2.10 bits per heavy atom. The lowest BCUT2D eigenvalue weighted by Gasteiger charge is -2.16. The summed E-state index contributed by atoms with van der Waals surface area (Å²) in [5, 5.41) is -1.33. The molecule has 0 aromatic rings. The van der Waals surface area contributed by atoms with Crippen molar-refractivity contribution in [2.24, 2.45) is 0 Å². The van der Waals surface area contributed by atoms with Gasteiger partial charge in [-0.1, -0.05) is 12.5 Å². The van der Waals surface area contributed by atoms with Crippen molar-refractivity contribution in [3.8, 4) is 0 Å². The van der Waals surface area contributed by atoms with Crippen molar-refractivity contribution >= 4 is 12.6 Å². The maximum absolute atomic E-state index is 13.1. The average Bonchev–Trinajstić information content (AvgIpc) is 1.81. The Kier molecular flexibility index (Phi) is 2.78. The number of allylic oxidation sites excluding steroid dienone is 1. The Bertz CT molecular complexity index is 129. The second-order valence-corrected chi connectivity index (χ2v) is 3.56. The molecule has 0 N–H and O–H groups in total. The molecule has 0 nitrogen and oxygen atoms in total. The fourth-order valence-electron chi connectivity index (χ4n) is 1.16. The first-order valence-corrected chi connectivity index (χ1v) is 4.24. The van der Waals surface area contributed by atoms with Gasteiger partial charge >= 0.3 is 0 Å². The lowest BCUT2D eigenvalue weighted by Crippen LogP contribution is -2.10. The van der Waals surface area contributed by atoms with Gasteiger partial charge in [-0.05, 0) is 31.8 Å². The third kappa shape index (κ3) is 2.74. The van der Waals surface area contributed by atoms with Gasteiger partial charge in [0.1, 0.15) is 0 Å². The molecule has 1 unspecified atom stereocenters. The minimum Gasteiger partial charge on any atom is -0.228 e. The zero-order valence-electron chi connectivity index (χ0n) is 6.02. The van der Waals surface area contributed by atoms with Gasteiger partial charge in [0.05, 0.1) is 0 Å². The van der Waals surface area contributed by atoms with Crippen molar-refractivity contribution in [2.45, 2.75) is 37.1 Å². The minimum atomic E-state index is -1.33. The predicted octanol–water partition coefficient (Wildman–Crippen LogP) is 3.10. The van der Waals surface area contributed by atoms with E-state index in [1.807, 2.05) is 6.08 Å². The second-order valence-electron chi connectivity index (χ2n) is 2.82.